The number of benzene rings is 2. The van der Waals surface area contributed by atoms with Crippen molar-refractivity contribution in [3.05, 3.63) is 72.1 Å². The van der Waals surface area contributed by atoms with Crippen LogP contribution in [0, 0.1) is 11.8 Å². The molecule has 5 atom stereocenters. The monoisotopic (exact) mass is 949 g/mol. The van der Waals surface area contributed by atoms with Gasteiger partial charge in [-0.3, -0.25) is 9.59 Å². The highest BCUT2D eigenvalue weighted by Gasteiger charge is 2.43. The van der Waals surface area contributed by atoms with Crippen LogP contribution in [0.4, 0.5) is 9.59 Å². The molecule has 69 heavy (non-hydrogen) atoms. The van der Waals surface area contributed by atoms with Gasteiger partial charge < -0.3 is 44.2 Å². The largest absolute Gasteiger partial charge is 0.444 e. The Labute approximate surface area is 410 Å². The Morgan fingerprint density at radius 1 is 0.667 bits per heavy atom. The number of ether oxygens (including phenoxy) is 3. The number of carbonyl (C=O) groups excluding carboxylic acids is 4. The maximum atomic E-state index is 14.8. The normalized spacial score (nSPS) is 21.1. The van der Waals surface area contributed by atoms with E-state index in [9.17, 15) is 19.2 Å². The van der Waals surface area contributed by atoms with E-state index >= 15 is 0 Å². The first-order chi connectivity index (χ1) is 33.1. The molecule has 5 unspecified atom stereocenters. The van der Waals surface area contributed by atoms with Gasteiger partial charge in [0, 0.05) is 78.4 Å². The highest BCUT2D eigenvalue weighted by molar-refractivity contribution is 5.89. The Hall–Kier alpha value is -5.04. The van der Waals surface area contributed by atoms with E-state index in [1.165, 1.54) is 16.5 Å². The molecule has 2 aromatic carbocycles. The predicted molar refractivity (Wildman–Crippen MR) is 271 cm³/mol. The number of nitrogens with zero attached hydrogens (tertiary/aromatic N) is 3. The molecular weight excluding hydrogens is 869 g/mol. The minimum atomic E-state index is -0.667. The minimum absolute atomic E-state index is 0.00269. The molecule has 4 aliphatic rings. The third kappa shape index (κ3) is 12.7. The Bertz CT molecular complexity index is 2360. The maximum Gasteiger partial charge on any atom is 0.408 e. The van der Waals surface area contributed by atoms with Crippen molar-refractivity contribution in [1.82, 2.24) is 30.0 Å². The number of alkyl carbamates (subject to hydrolysis) is 2. The molecule has 4 aromatic rings. The van der Waals surface area contributed by atoms with Gasteiger partial charge in [-0.15, -0.1) is 0 Å². The second-order valence-electron chi connectivity index (χ2n) is 22.5. The summed E-state index contributed by atoms with van der Waals surface area (Å²) in [5, 5.41) is 8.45. The van der Waals surface area contributed by atoms with Crippen LogP contribution in [0.3, 0.4) is 0 Å². The van der Waals surface area contributed by atoms with E-state index in [1.807, 2.05) is 52.5 Å². The van der Waals surface area contributed by atoms with Crippen LogP contribution in [-0.2, 0) is 36.8 Å². The predicted octanol–water partition coefficient (Wildman–Crippen LogP) is 10.8. The van der Waals surface area contributed by atoms with E-state index in [2.05, 4.69) is 79.9 Å². The third-order valence-electron chi connectivity index (χ3n) is 15.2. The molecule has 13 nitrogen and oxygen atoms in total. The van der Waals surface area contributed by atoms with Gasteiger partial charge >= 0.3 is 12.2 Å². The Balaban J connectivity index is 0.947. The molecule has 0 spiro atoms. The van der Waals surface area contributed by atoms with Crippen molar-refractivity contribution in [3.8, 4) is 0 Å². The molecule has 4 fully saturated rings. The average molecular weight is 949 g/mol. The molecule has 2 aliphatic heterocycles. The fraction of sp³-hybridized carbons (Fsp3) is 0.643. The van der Waals surface area contributed by atoms with E-state index in [0.29, 0.717) is 32.8 Å². The molecule has 3 N–H and O–H groups in total. The van der Waals surface area contributed by atoms with E-state index in [1.54, 1.807) is 0 Å². The van der Waals surface area contributed by atoms with E-state index < -0.39 is 35.5 Å². The Morgan fingerprint density at radius 2 is 1.23 bits per heavy atom. The molecule has 4 heterocycles. The van der Waals surface area contributed by atoms with Crippen LogP contribution in [0.15, 0.2) is 60.9 Å². The summed E-state index contributed by atoms with van der Waals surface area (Å²) >= 11 is 0. The molecule has 0 bridgehead atoms. The summed E-state index contributed by atoms with van der Waals surface area (Å²) in [6.07, 6.45) is 18.7. The molecule has 13 heteroatoms. The van der Waals surface area contributed by atoms with Crippen LogP contribution >= 0.6 is 0 Å². The van der Waals surface area contributed by atoms with Gasteiger partial charge in [0.05, 0.1) is 6.61 Å². The number of nitrogens with one attached hydrogen (secondary N) is 3. The number of H-pyrrole nitrogens is 1. The summed E-state index contributed by atoms with van der Waals surface area (Å²) in [6, 6.07) is 15.7. The van der Waals surface area contributed by atoms with Crippen molar-refractivity contribution in [1.29, 1.82) is 0 Å². The molecule has 0 radical (unpaired) electrons. The van der Waals surface area contributed by atoms with Crippen LogP contribution in [0.5, 0.6) is 0 Å². The lowest BCUT2D eigenvalue weighted by molar-refractivity contribution is -0.137. The summed E-state index contributed by atoms with van der Waals surface area (Å²) < 4.78 is 20.2. The fourth-order valence-electron chi connectivity index (χ4n) is 12.1. The summed E-state index contributed by atoms with van der Waals surface area (Å²) in [4.78, 5) is 63.3. The lowest BCUT2D eigenvalue weighted by Crippen LogP contribution is -2.55. The Kier molecular flexibility index (Phi) is 16.3. The lowest BCUT2D eigenvalue weighted by atomic mass is 9.82. The standard InChI is InChI=1S/C56H80N6O7/c1-55(2,3)68-53(65)58-49(38-19-9-7-10-20-38)51(63)61-30-17-23-41(61)35-40-37-60(47-27-16-14-24-42(40)47)32-34-67-33-29-44(45-36-57-46-26-15-13-25-43(45)46)48-28-18-31-62(48)52(64)50(39-21-11-8-12-22-39)59-54(66)69-56(4,5)6/h13-16,24-27,36-39,41,44,48-50,57H,7-12,17-23,28-35H2,1-6H3,(H,58,65)(H,59,66). The van der Waals surface area contributed by atoms with Gasteiger partial charge in [-0.05, 0) is 141 Å². The second-order valence-corrected chi connectivity index (χ2v) is 22.5. The first-order valence-electron chi connectivity index (χ1n) is 26.4. The van der Waals surface area contributed by atoms with Gasteiger partial charge in [0.1, 0.15) is 23.3 Å². The number of amides is 4. The number of carbonyl (C=O) groups is 4. The number of para-hydroxylation sites is 2. The number of fused-ring (bicyclic) bond motifs is 2. The van der Waals surface area contributed by atoms with Gasteiger partial charge in [-0.25, -0.2) is 9.59 Å². The number of aromatic amines is 1. The zero-order valence-corrected chi connectivity index (χ0v) is 42.4. The van der Waals surface area contributed by atoms with Crippen molar-refractivity contribution in [2.75, 3.05) is 26.3 Å². The zero-order chi connectivity index (χ0) is 48.7. The lowest BCUT2D eigenvalue weighted by Gasteiger charge is -2.37. The second kappa shape index (κ2) is 22.4. The van der Waals surface area contributed by atoms with Crippen molar-refractivity contribution in [2.24, 2.45) is 11.8 Å². The number of hydrogen-bond acceptors (Lipinski definition) is 7. The quantitative estimate of drug-likeness (QED) is 0.0948. The Morgan fingerprint density at radius 3 is 1.87 bits per heavy atom. The van der Waals surface area contributed by atoms with Crippen LogP contribution in [0.25, 0.3) is 21.8 Å². The number of rotatable bonds is 16. The van der Waals surface area contributed by atoms with Crippen molar-refractivity contribution < 1.29 is 33.4 Å². The maximum absolute atomic E-state index is 14.8. The highest BCUT2D eigenvalue weighted by atomic mass is 16.6. The summed E-state index contributed by atoms with van der Waals surface area (Å²) in [6.45, 7) is 14.2. The van der Waals surface area contributed by atoms with E-state index in [-0.39, 0.29) is 41.7 Å². The molecular formula is C56H80N6O7. The first kappa shape index (κ1) is 50.4. The van der Waals surface area contributed by atoms with Crippen LogP contribution in [-0.4, -0.2) is 105 Å². The van der Waals surface area contributed by atoms with Crippen molar-refractivity contribution in [2.45, 2.75) is 192 Å². The van der Waals surface area contributed by atoms with Crippen molar-refractivity contribution in [3.63, 3.8) is 0 Å². The van der Waals surface area contributed by atoms with Gasteiger partial charge in [-0.1, -0.05) is 74.9 Å². The van der Waals surface area contributed by atoms with Crippen molar-refractivity contribution >= 4 is 45.8 Å². The topological polar surface area (TPSA) is 147 Å². The summed E-state index contributed by atoms with van der Waals surface area (Å²) in [7, 11) is 0. The molecule has 2 aliphatic carbocycles. The summed E-state index contributed by atoms with van der Waals surface area (Å²) in [5.41, 5.74) is 3.30. The minimum Gasteiger partial charge on any atom is -0.444 e. The SMILES string of the molecule is CC(C)(C)OC(=O)NC(C(=O)N1CCCC1Cc1cn(CCOCCC(c2c[nH]c3ccccc23)C2CCCN2C(=O)C(NC(=O)OC(C)(C)C)C2CCCCC2)c2ccccc12)C1CCCCC1. The van der Waals surface area contributed by atoms with E-state index in [0.717, 1.165) is 119 Å². The van der Waals surface area contributed by atoms with Gasteiger partial charge in [0.2, 0.25) is 11.8 Å². The molecule has 4 amide bonds. The number of aromatic nitrogens is 2. The van der Waals surface area contributed by atoms with Crippen LogP contribution < -0.4 is 10.6 Å². The molecule has 8 rings (SSSR count). The van der Waals surface area contributed by atoms with E-state index in [4.69, 9.17) is 14.2 Å². The fourth-order valence-corrected chi connectivity index (χ4v) is 12.1. The van der Waals surface area contributed by atoms with Gasteiger partial charge in [0.25, 0.3) is 0 Å². The van der Waals surface area contributed by atoms with Gasteiger partial charge in [-0.2, -0.15) is 0 Å². The average Bonchev–Trinajstić information content (AvgIpc) is 4.15. The number of hydrogen-bond donors (Lipinski definition) is 3. The molecule has 2 saturated carbocycles. The van der Waals surface area contributed by atoms with Crippen LogP contribution in [0.2, 0.25) is 0 Å². The smallest absolute Gasteiger partial charge is 0.408 e. The first-order valence-corrected chi connectivity index (χ1v) is 26.4. The molecule has 376 valence electrons. The third-order valence-corrected chi connectivity index (χ3v) is 15.2. The molecule has 2 saturated heterocycles. The highest BCUT2D eigenvalue weighted by Crippen LogP contribution is 2.39. The summed E-state index contributed by atoms with van der Waals surface area (Å²) in [5.74, 6) is 0.222. The zero-order valence-electron chi connectivity index (χ0n) is 42.4. The molecule has 2 aromatic heterocycles. The number of likely N-dealkylation sites (tertiary alicyclic amines) is 2. The van der Waals surface area contributed by atoms with Gasteiger partial charge in [0.15, 0.2) is 0 Å². The van der Waals surface area contributed by atoms with Crippen LogP contribution in [0.1, 0.15) is 155 Å².